The first-order chi connectivity index (χ1) is 7.65. The molecule has 0 aliphatic heterocycles. The highest BCUT2D eigenvalue weighted by Gasteiger charge is 2.22. The molecule has 1 aromatic carbocycles. The van der Waals surface area contributed by atoms with Gasteiger partial charge in [-0.1, -0.05) is 0 Å². The number of rotatable bonds is 2. The molecule has 16 heavy (non-hydrogen) atoms. The number of aromatic carboxylic acids is 1. The van der Waals surface area contributed by atoms with Gasteiger partial charge in [0.25, 0.3) is 0 Å². The fraction of sp³-hybridized carbons (Fsp3) is 0.417. The van der Waals surface area contributed by atoms with Crippen molar-refractivity contribution in [3.05, 3.63) is 27.2 Å². The molecule has 2 rings (SSSR count). The maximum absolute atomic E-state index is 11.1. The second-order valence-electron chi connectivity index (χ2n) is 3.92. The Morgan fingerprint density at radius 3 is 2.75 bits per heavy atom. The van der Waals surface area contributed by atoms with Crippen molar-refractivity contribution in [1.29, 1.82) is 0 Å². The summed E-state index contributed by atoms with van der Waals surface area (Å²) in [7, 11) is 1.50. The fourth-order valence-corrected chi connectivity index (χ4v) is 3.02. The Labute approximate surface area is 103 Å². The molecule has 86 valence electrons. The van der Waals surface area contributed by atoms with Crippen LogP contribution in [0.15, 0.2) is 10.5 Å². The second-order valence-corrected chi connectivity index (χ2v) is 4.71. The van der Waals surface area contributed by atoms with Crippen molar-refractivity contribution in [2.24, 2.45) is 0 Å². The van der Waals surface area contributed by atoms with Crippen molar-refractivity contribution in [1.82, 2.24) is 0 Å². The first-order valence-electron chi connectivity index (χ1n) is 5.26. The monoisotopic (exact) mass is 284 g/mol. The number of ether oxygens (including phenoxy) is 1. The van der Waals surface area contributed by atoms with Crippen LogP contribution in [0.5, 0.6) is 5.75 Å². The van der Waals surface area contributed by atoms with Crippen LogP contribution in [0.3, 0.4) is 0 Å². The molecule has 0 aromatic heterocycles. The van der Waals surface area contributed by atoms with Crippen LogP contribution in [0.25, 0.3) is 0 Å². The smallest absolute Gasteiger partial charge is 0.339 e. The van der Waals surface area contributed by atoms with E-state index in [4.69, 9.17) is 9.84 Å². The average Bonchev–Trinajstić information content (AvgIpc) is 2.29. The molecule has 1 aromatic rings. The lowest BCUT2D eigenvalue weighted by Gasteiger charge is -2.20. The summed E-state index contributed by atoms with van der Waals surface area (Å²) in [6.07, 6.45) is 4.23. The van der Waals surface area contributed by atoms with Gasteiger partial charge in [-0.15, -0.1) is 0 Å². The van der Waals surface area contributed by atoms with E-state index in [-0.39, 0.29) is 5.56 Å². The Balaban J connectivity index is 2.64. The summed E-state index contributed by atoms with van der Waals surface area (Å²) in [4.78, 5) is 11.1. The molecule has 0 heterocycles. The Kier molecular flexibility index (Phi) is 3.19. The third-order valence-electron chi connectivity index (χ3n) is 2.97. The van der Waals surface area contributed by atoms with E-state index in [2.05, 4.69) is 15.9 Å². The van der Waals surface area contributed by atoms with Crippen molar-refractivity contribution in [3.8, 4) is 5.75 Å². The lowest BCUT2D eigenvalue weighted by atomic mass is 9.90. The molecule has 0 saturated heterocycles. The van der Waals surface area contributed by atoms with E-state index >= 15 is 0 Å². The molecular weight excluding hydrogens is 272 g/mol. The zero-order chi connectivity index (χ0) is 11.7. The summed E-state index contributed by atoms with van der Waals surface area (Å²) in [6, 6.07) is 1.75. The first-order valence-corrected chi connectivity index (χ1v) is 6.06. The van der Waals surface area contributed by atoms with Gasteiger partial charge in [0, 0.05) is 0 Å². The topological polar surface area (TPSA) is 46.5 Å². The molecule has 0 saturated carbocycles. The van der Waals surface area contributed by atoms with Crippen molar-refractivity contribution in [2.75, 3.05) is 7.11 Å². The third kappa shape index (κ3) is 1.82. The number of hydrogen-bond acceptors (Lipinski definition) is 2. The van der Waals surface area contributed by atoms with Gasteiger partial charge in [-0.3, -0.25) is 0 Å². The van der Waals surface area contributed by atoms with E-state index in [1.165, 1.54) is 12.7 Å². The Hall–Kier alpha value is -1.03. The number of benzene rings is 1. The van der Waals surface area contributed by atoms with Crippen LogP contribution in [0, 0.1) is 0 Å². The van der Waals surface area contributed by atoms with E-state index in [1.807, 2.05) is 0 Å². The van der Waals surface area contributed by atoms with Gasteiger partial charge < -0.3 is 9.84 Å². The van der Waals surface area contributed by atoms with Gasteiger partial charge in [-0.05, 0) is 58.8 Å². The van der Waals surface area contributed by atoms with Gasteiger partial charge in [0.1, 0.15) is 11.3 Å². The van der Waals surface area contributed by atoms with E-state index in [9.17, 15) is 4.79 Å². The lowest BCUT2D eigenvalue weighted by molar-refractivity contribution is 0.0693. The fourth-order valence-electron chi connectivity index (χ4n) is 2.19. The summed E-state index contributed by atoms with van der Waals surface area (Å²) >= 11 is 3.46. The van der Waals surface area contributed by atoms with E-state index in [1.54, 1.807) is 6.07 Å². The molecule has 0 amide bonds. The molecule has 0 bridgehead atoms. The predicted octanol–water partition coefficient (Wildman–Crippen LogP) is 3.03. The predicted molar refractivity (Wildman–Crippen MR) is 64.3 cm³/mol. The zero-order valence-corrected chi connectivity index (χ0v) is 10.6. The van der Waals surface area contributed by atoms with Gasteiger partial charge >= 0.3 is 5.97 Å². The summed E-state index contributed by atoms with van der Waals surface area (Å²) < 4.78 is 5.99. The maximum atomic E-state index is 11.1. The van der Waals surface area contributed by atoms with Gasteiger partial charge in [-0.25, -0.2) is 4.79 Å². The molecule has 1 aliphatic rings. The second kappa shape index (κ2) is 4.45. The minimum absolute atomic E-state index is 0.245. The molecule has 3 nitrogen and oxygen atoms in total. The quantitative estimate of drug-likeness (QED) is 0.908. The van der Waals surface area contributed by atoms with Crippen molar-refractivity contribution < 1.29 is 14.6 Å². The summed E-state index contributed by atoms with van der Waals surface area (Å²) in [6.45, 7) is 0. The number of carbonyl (C=O) groups is 1. The maximum Gasteiger partial charge on any atom is 0.339 e. The van der Waals surface area contributed by atoms with Crippen molar-refractivity contribution in [3.63, 3.8) is 0 Å². The number of fused-ring (bicyclic) bond motifs is 1. The minimum atomic E-state index is -0.939. The van der Waals surface area contributed by atoms with Gasteiger partial charge in [0.2, 0.25) is 0 Å². The number of carboxylic acids is 1. The number of carboxylic acid groups (broad SMARTS) is 1. The minimum Gasteiger partial charge on any atom is -0.495 e. The number of halogens is 1. The Morgan fingerprint density at radius 2 is 2.12 bits per heavy atom. The Morgan fingerprint density at radius 1 is 1.44 bits per heavy atom. The summed E-state index contributed by atoms with van der Waals surface area (Å²) in [5.74, 6) is -0.501. The highest BCUT2D eigenvalue weighted by Crippen LogP contribution is 2.38. The largest absolute Gasteiger partial charge is 0.495 e. The van der Waals surface area contributed by atoms with Gasteiger partial charge in [0.15, 0.2) is 0 Å². The highest BCUT2D eigenvalue weighted by molar-refractivity contribution is 9.10. The highest BCUT2D eigenvalue weighted by atomic mass is 79.9. The van der Waals surface area contributed by atoms with E-state index in [0.717, 1.165) is 35.7 Å². The molecule has 0 unspecified atom stereocenters. The van der Waals surface area contributed by atoms with Crippen LogP contribution in [0.2, 0.25) is 0 Å². The molecule has 0 fully saturated rings. The molecule has 0 spiro atoms. The van der Waals surface area contributed by atoms with Crippen LogP contribution in [0.1, 0.15) is 34.3 Å². The average molecular weight is 285 g/mol. The zero-order valence-electron chi connectivity index (χ0n) is 9.05. The normalized spacial score (nSPS) is 14.4. The summed E-state index contributed by atoms with van der Waals surface area (Å²) in [5, 5.41) is 9.12. The van der Waals surface area contributed by atoms with Crippen LogP contribution in [-0.2, 0) is 12.8 Å². The number of hydrogen-bond donors (Lipinski definition) is 1. The van der Waals surface area contributed by atoms with Crippen molar-refractivity contribution in [2.45, 2.75) is 25.7 Å². The number of methoxy groups -OCH3 is 1. The summed E-state index contributed by atoms with van der Waals surface area (Å²) in [5.41, 5.74) is 2.58. The van der Waals surface area contributed by atoms with Gasteiger partial charge in [-0.2, -0.15) is 0 Å². The molecular formula is C12H13BrO3. The number of aryl methyl sites for hydroxylation is 1. The first kappa shape index (κ1) is 11.5. The standard InChI is InChI=1S/C12H13BrO3/c1-16-11-9(12(14)15)6-7-4-2-3-5-8(7)10(11)13/h6H,2-5H2,1H3,(H,14,15). The SMILES string of the molecule is COc1c(C(=O)O)cc2c(c1Br)CCCC2. The molecule has 0 atom stereocenters. The van der Waals surface area contributed by atoms with Crippen LogP contribution in [0.4, 0.5) is 0 Å². The van der Waals surface area contributed by atoms with E-state index < -0.39 is 5.97 Å². The van der Waals surface area contributed by atoms with Crippen LogP contribution in [-0.4, -0.2) is 18.2 Å². The molecule has 1 aliphatic carbocycles. The van der Waals surface area contributed by atoms with Crippen LogP contribution < -0.4 is 4.74 Å². The molecule has 4 heteroatoms. The van der Waals surface area contributed by atoms with Gasteiger partial charge in [0.05, 0.1) is 11.6 Å². The molecule has 0 radical (unpaired) electrons. The van der Waals surface area contributed by atoms with Crippen LogP contribution >= 0.6 is 15.9 Å². The van der Waals surface area contributed by atoms with E-state index in [0.29, 0.717) is 5.75 Å². The van der Waals surface area contributed by atoms with Crippen molar-refractivity contribution >= 4 is 21.9 Å². The lowest BCUT2D eigenvalue weighted by Crippen LogP contribution is -2.09. The Bertz CT molecular complexity index is 440. The third-order valence-corrected chi connectivity index (χ3v) is 3.81. The molecule has 1 N–H and O–H groups in total.